The fourth-order valence-corrected chi connectivity index (χ4v) is 5.12. The highest BCUT2D eigenvalue weighted by atomic mass is 32.2. The molecule has 7 nitrogen and oxygen atoms in total. The van der Waals surface area contributed by atoms with Crippen LogP contribution in [0.15, 0.2) is 87.8 Å². The summed E-state index contributed by atoms with van der Waals surface area (Å²) in [4.78, 5) is 19.7. The molecule has 2 aliphatic heterocycles. The van der Waals surface area contributed by atoms with Gasteiger partial charge in [-0.05, 0) is 65.7 Å². The van der Waals surface area contributed by atoms with Crippen molar-refractivity contribution in [3.8, 4) is 11.5 Å². The van der Waals surface area contributed by atoms with E-state index in [0.29, 0.717) is 29.5 Å². The zero-order valence-electron chi connectivity index (χ0n) is 21.0. The van der Waals surface area contributed by atoms with Crippen molar-refractivity contribution in [2.75, 3.05) is 25.6 Å². The molecule has 1 amide bonds. The van der Waals surface area contributed by atoms with Gasteiger partial charge in [-0.25, -0.2) is 5.01 Å². The molecule has 0 bridgehead atoms. The van der Waals surface area contributed by atoms with E-state index in [4.69, 9.17) is 9.84 Å². The third kappa shape index (κ3) is 5.24. The van der Waals surface area contributed by atoms with E-state index in [9.17, 15) is 9.90 Å². The Bertz CT molecular complexity index is 1400. The van der Waals surface area contributed by atoms with Crippen LogP contribution in [0.1, 0.15) is 36.1 Å². The molecule has 3 aromatic carbocycles. The van der Waals surface area contributed by atoms with Crippen molar-refractivity contribution in [3.05, 3.63) is 94.4 Å². The van der Waals surface area contributed by atoms with Gasteiger partial charge in [0.25, 0.3) is 0 Å². The molecule has 0 fully saturated rings. The number of ether oxygens (including phenoxy) is 1. The molecule has 1 unspecified atom stereocenters. The van der Waals surface area contributed by atoms with Crippen LogP contribution in [-0.4, -0.2) is 47.6 Å². The molecule has 37 heavy (non-hydrogen) atoms. The molecule has 8 heteroatoms. The highest BCUT2D eigenvalue weighted by Gasteiger charge is 2.36. The number of aliphatic imine (C=N–C) groups is 1. The number of phenolic OH excluding ortho intramolecular Hbond substituents is 1. The number of nitrogens with zero attached hydrogens (tertiary/aromatic N) is 4. The lowest BCUT2D eigenvalue weighted by Crippen LogP contribution is -2.26. The first-order valence-corrected chi connectivity index (χ1v) is 12.9. The zero-order chi connectivity index (χ0) is 25.9. The number of benzene rings is 3. The molecule has 3 aromatic rings. The summed E-state index contributed by atoms with van der Waals surface area (Å²) in [6.45, 7) is 2.30. The fraction of sp³-hybridized carbons (Fsp3) is 0.207. The second-order valence-electron chi connectivity index (χ2n) is 8.94. The number of hydrogen-bond donors (Lipinski definition) is 1. The molecule has 0 saturated carbocycles. The molecule has 5 rings (SSSR count). The predicted octanol–water partition coefficient (Wildman–Crippen LogP) is 6.31. The smallest absolute Gasteiger partial charge is 0.311 e. The highest BCUT2D eigenvalue weighted by Crippen LogP contribution is 2.40. The van der Waals surface area contributed by atoms with Gasteiger partial charge < -0.3 is 14.7 Å². The van der Waals surface area contributed by atoms with Gasteiger partial charge in [0, 0.05) is 26.2 Å². The molecule has 1 atom stereocenters. The van der Waals surface area contributed by atoms with Crippen molar-refractivity contribution in [1.29, 1.82) is 0 Å². The van der Waals surface area contributed by atoms with Crippen LogP contribution in [0.4, 0.5) is 10.5 Å². The Labute approximate surface area is 220 Å². The fourth-order valence-electron chi connectivity index (χ4n) is 4.37. The Balaban J connectivity index is 1.54. The number of amidine groups is 1. The Hall–Kier alpha value is -4.04. The maximum absolute atomic E-state index is 12.5. The highest BCUT2D eigenvalue weighted by molar-refractivity contribution is 8.18. The van der Waals surface area contributed by atoms with Gasteiger partial charge in [-0.15, -0.1) is 0 Å². The van der Waals surface area contributed by atoms with Crippen LogP contribution < -0.4 is 9.64 Å². The number of rotatable bonds is 6. The van der Waals surface area contributed by atoms with Gasteiger partial charge in [-0.3, -0.25) is 4.79 Å². The first-order chi connectivity index (χ1) is 17.9. The van der Waals surface area contributed by atoms with Crippen LogP contribution >= 0.6 is 11.8 Å². The number of phenols is 1. The van der Waals surface area contributed by atoms with E-state index in [-0.39, 0.29) is 17.0 Å². The lowest BCUT2D eigenvalue weighted by Gasteiger charge is -2.24. The lowest BCUT2D eigenvalue weighted by molar-refractivity contribution is 0.267. The number of carbonyl (C=O) groups excluding carboxylic acids is 1. The largest absolute Gasteiger partial charge is 0.504 e. The molecular formula is C29H28N4O3S. The summed E-state index contributed by atoms with van der Waals surface area (Å²) in [5.74, 6) is 0.994. The number of anilines is 1. The molecule has 188 valence electrons. The number of hydrazone groups is 1. The minimum absolute atomic E-state index is 0.0749. The minimum atomic E-state index is -0.282. The first-order valence-electron chi connectivity index (χ1n) is 12.1. The van der Waals surface area contributed by atoms with Crippen LogP contribution in [-0.2, 0) is 0 Å². The SMILES string of the molecule is CCOc1cc(/C=C2\SC(=O)N=C2N2N=C(c3ccccc3)CC2c2ccc(N(C)C)cc2)ccc1O. The molecule has 0 aromatic heterocycles. The Morgan fingerprint density at radius 1 is 1.11 bits per heavy atom. The summed E-state index contributed by atoms with van der Waals surface area (Å²) in [5.41, 5.74) is 4.98. The zero-order valence-corrected chi connectivity index (χ0v) is 21.8. The van der Waals surface area contributed by atoms with Gasteiger partial charge in [0.1, 0.15) is 0 Å². The van der Waals surface area contributed by atoms with Gasteiger partial charge in [-0.1, -0.05) is 48.5 Å². The van der Waals surface area contributed by atoms with Crippen molar-refractivity contribution in [2.45, 2.75) is 19.4 Å². The van der Waals surface area contributed by atoms with Crippen LogP contribution in [0.25, 0.3) is 6.08 Å². The summed E-state index contributed by atoms with van der Waals surface area (Å²) in [6, 6.07) is 23.5. The molecule has 2 heterocycles. The Morgan fingerprint density at radius 2 is 1.86 bits per heavy atom. The van der Waals surface area contributed by atoms with E-state index in [1.54, 1.807) is 18.2 Å². The third-order valence-electron chi connectivity index (χ3n) is 6.22. The van der Waals surface area contributed by atoms with Crippen LogP contribution in [0.2, 0.25) is 0 Å². The van der Waals surface area contributed by atoms with E-state index < -0.39 is 0 Å². The van der Waals surface area contributed by atoms with E-state index in [1.165, 1.54) is 0 Å². The quantitative estimate of drug-likeness (QED) is 0.417. The summed E-state index contributed by atoms with van der Waals surface area (Å²) in [7, 11) is 4.03. The number of amides is 1. The normalized spacial score (nSPS) is 18.2. The van der Waals surface area contributed by atoms with Crippen LogP contribution in [0, 0.1) is 0 Å². The molecule has 2 aliphatic rings. The third-order valence-corrected chi connectivity index (χ3v) is 7.01. The van der Waals surface area contributed by atoms with Crippen molar-refractivity contribution >= 4 is 40.3 Å². The van der Waals surface area contributed by atoms with Crippen molar-refractivity contribution in [2.24, 2.45) is 10.1 Å². The van der Waals surface area contributed by atoms with Crippen LogP contribution in [0.5, 0.6) is 11.5 Å². The van der Waals surface area contributed by atoms with Gasteiger partial charge in [-0.2, -0.15) is 10.1 Å². The molecule has 1 N–H and O–H groups in total. The topological polar surface area (TPSA) is 77.7 Å². The van der Waals surface area contributed by atoms with Gasteiger partial charge >= 0.3 is 5.24 Å². The molecule has 0 saturated heterocycles. The van der Waals surface area contributed by atoms with E-state index in [1.807, 2.05) is 62.4 Å². The van der Waals surface area contributed by atoms with Gasteiger partial charge in [0.15, 0.2) is 17.3 Å². The molecular weight excluding hydrogens is 484 g/mol. The van der Waals surface area contributed by atoms with E-state index in [2.05, 4.69) is 34.2 Å². The molecule has 0 radical (unpaired) electrons. The number of aromatic hydroxyl groups is 1. The second kappa shape index (κ2) is 10.5. The summed E-state index contributed by atoms with van der Waals surface area (Å²) < 4.78 is 5.53. The van der Waals surface area contributed by atoms with Crippen LogP contribution in [0.3, 0.4) is 0 Å². The number of thioether (sulfide) groups is 1. The number of carbonyl (C=O) groups is 1. The van der Waals surface area contributed by atoms with Crippen molar-refractivity contribution < 1.29 is 14.6 Å². The lowest BCUT2D eigenvalue weighted by atomic mass is 9.98. The average molecular weight is 513 g/mol. The van der Waals surface area contributed by atoms with Crippen molar-refractivity contribution in [1.82, 2.24) is 5.01 Å². The molecule has 0 aliphatic carbocycles. The number of hydrogen-bond acceptors (Lipinski definition) is 7. The summed E-state index contributed by atoms with van der Waals surface area (Å²) in [5, 5.41) is 16.7. The standard InChI is InChI=1S/C29H28N4O3S/c1-4-36-26-16-19(10-15-25(26)34)17-27-28(30-29(35)37-27)33-24(21-11-13-22(14-12-21)32(2)3)18-23(31-33)20-8-6-5-7-9-20/h5-17,24,34H,4,18H2,1-3H3/b27-17-. The Kier molecular flexibility index (Phi) is 7.01. The summed E-state index contributed by atoms with van der Waals surface area (Å²) >= 11 is 1.08. The second-order valence-corrected chi connectivity index (χ2v) is 9.93. The maximum Gasteiger partial charge on any atom is 0.311 e. The minimum Gasteiger partial charge on any atom is -0.504 e. The first kappa shape index (κ1) is 24.6. The van der Waals surface area contributed by atoms with Gasteiger partial charge in [0.05, 0.1) is 23.3 Å². The average Bonchev–Trinajstić information content (AvgIpc) is 3.50. The van der Waals surface area contributed by atoms with Crippen molar-refractivity contribution in [3.63, 3.8) is 0 Å². The Morgan fingerprint density at radius 3 is 2.57 bits per heavy atom. The molecule has 0 spiro atoms. The van der Waals surface area contributed by atoms with E-state index in [0.717, 1.165) is 39.9 Å². The monoisotopic (exact) mass is 512 g/mol. The van der Waals surface area contributed by atoms with Gasteiger partial charge in [0.2, 0.25) is 0 Å². The van der Waals surface area contributed by atoms with E-state index >= 15 is 0 Å². The predicted molar refractivity (Wildman–Crippen MR) is 151 cm³/mol. The maximum atomic E-state index is 12.5. The summed E-state index contributed by atoms with van der Waals surface area (Å²) in [6.07, 6.45) is 2.57.